The topological polar surface area (TPSA) is 53.1 Å². The van der Waals surface area contributed by atoms with Gasteiger partial charge in [0.15, 0.2) is 0 Å². The molecule has 3 N–H and O–H groups in total. The van der Waals surface area contributed by atoms with Crippen molar-refractivity contribution in [2.24, 2.45) is 5.73 Å². The summed E-state index contributed by atoms with van der Waals surface area (Å²) in [5.41, 5.74) is 6.79. The SMILES string of the molecule is CCC(C(=N)N)N(C)Cc1ccccc1. The van der Waals surface area contributed by atoms with Crippen molar-refractivity contribution in [2.45, 2.75) is 25.9 Å². The van der Waals surface area contributed by atoms with Crippen molar-refractivity contribution in [3.63, 3.8) is 0 Å². The van der Waals surface area contributed by atoms with Crippen LogP contribution in [0.4, 0.5) is 0 Å². The van der Waals surface area contributed by atoms with E-state index in [0.717, 1.165) is 13.0 Å². The lowest BCUT2D eigenvalue weighted by molar-refractivity contribution is 0.281. The molecule has 0 aromatic heterocycles. The van der Waals surface area contributed by atoms with Gasteiger partial charge >= 0.3 is 0 Å². The zero-order valence-corrected chi connectivity index (χ0v) is 9.40. The van der Waals surface area contributed by atoms with Crippen LogP contribution < -0.4 is 5.73 Å². The van der Waals surface area contributed by atoms with Crippen LogP contribution in [-0.4, -0.2) is 23.8 Å². The number of amidine groups is 1. The molecule has 1 aromatic rings. The van der Waals surface area contributed by atoms with Gasteiger partial charge in [0.05, 0.1) is 6.04 Å². The highest BCUT2D eigenvalue weighted by atomic mass is 15.1. The second-order valence-electron chi connectivity index (χ2n) is 3.78. The Hall–Kier alpha value is -1.35. The molecule has 1 aromatic carbocycles. The third-order valence-corrected chi connectivity index (χ3v) is 2.55. The molecule has 1 atom stereocenters. The molecule has 0 fully saturated rings. The minimum atomic E-state index is 0.0465. The first kappa shape index (κ1) is 11.7. The van der Waals surface area contributed by atoms with Gasteiger partial charge in [-0.2, -0.15) is 0 Å². The van der Waals surface area contributed by atoms with Crippen LogP contribution >= 0.6 is 0 Å². The lowest BCUT2D eigenvalue weighted by Gasteiger charge is -2.25. The van der Waals surface area contributed by atoms with Crippen molar-refractivity contribution in [3.8, 4) is 0 Å². The summed E-state index contributed by atoms with van der Waals surface area (Å²) in [5, 5.41) is 7.48. The monoisotopic (exact) mass is 205 g/mol. The Labute approximate surface area is 91.4 Å². The van der Waals surface area contributed by atoms with Crippen molar-refractivity contribution in [2.75, 3.05) is 7.05 Å². The summed E-state index contributed by atoms with van der Waals surface area (Å²) in [6.07, 6.45) is 0.874. The zero-order valence-electron chi connectivity index (χ0n) is 9.40. The van der Waals surface area contributed by atoms with Crippen molar-refractivity contribution in [1.29, 1.82) is 5.41 Å². The number of likely N-dealkylation sites (N-methyl/N-ethyl adjacent to an activating group) is 1. The van der Waals surface area contributed by atoms with Crippen LogP contribution in [0.1, 0.15) is 18.9 Å². The Morgan fingerprint density at radius 3 is 2.47 bits per heavy atom. The average Bonchev–Trinajstić information content (AvgIpc) is 2.19. The summed E-state index contributed by atoms with van der Waals surface area (Å²) in [7, 11) is 2.00. The Bertz CT molecular complexity index is 308. The summed E-state index contributed by atoms with van der Waals surface area (Å²) in [5.74, 6) is 0.246. The first-order chi connectivity index (χ1) is 7.15. The number of hydrogen-bond donors (Lipinski definition) is 2. The molecule has 0 saturated carbocycles. The fourth-order valence-corrected chi connectivity index (χ4v) is 1.75. The summed E-state index contributed by atoms with van der Waals surface area (Å²) < 4.78 is 0. The fraction of sp³-hybridized carbons (Fsp3) is 0.417. The molecule has 0 saturated heterocycles. The van der Waals surface area contributed by atoms with Crippen LogP contribution in [0.15, 0.2) is 30.3 Å². The highest BCUT2D eigenvalue weighted by Gasteiger charge is 2.15. The van der Waals surface area contributed by atoms with E-state index < -0.39 is 0 Å². The van der Waals surface area contributed by atoms with Gasteiger partial charge in [-0.3, -0.25) is 10.3 Å². The molecule has 0 radical (unpaired) electrons. The molecule has 0 aliphatic carbocycles. The van der Waals surface area contributed by atoms with Gasteiger partial charge in [0, 0.05) is 6.54 Å². The number of nitrogens with one attached hydrogen (secondary N) is 1. The maximum atomic E-state index is 7.48. The Kier molecular flexibility index (Phi) is 4.31. The van der Waals surface area contributed by atoms with Crippen LogP contribution in [0.25, 0.3) is 0 Å². The minimum Gasteiger partial charge on any atom is -0.386 e. The fourth-order valence-electron chi connectivity index (χ4n) is 1.75. The Morgan fingerprint density at radius 2 is 2.00 bits per heavy atom. The number of hydrogen-bond acceptors (Lipinski definition) is 2. The molecule has 0 aliphatic rings. The van der Waals surface area contributed by atoms with E-state index in [1.807, 2.05) is 32.2 Å². The summed E-state index contributed by atoms with van der Waals surface area (Å²) >= 11 is 0. The number of nitrogens with two attached hydrogens (primary N) is 1. The van der Waals surface area contributed by atoms with Crippen LogP contribution in [0.5, 0.6) is 0 Å². The zero-order chi connectivity index (χ0) is 11.3. The van der Waals surface area contributed by atoms with Crippen LogP contribution in [0.3, 0.4) is 0 Å². The van der Waals surface area contributed by atoms with E-state index >= 15 is 0 Å². The van der Waals surface area contributed by atoms with Gasteiger partial charge in [-0.15, -0.1) is 0 Å². The number of rotatable bonds is 5. The lowest BCUT2D eigenvalue weighted by atomic mass is 10.1. The molecule has 1 unspecified atom stereocenters. The molecule has 3 heteroatoms. The predicted octanol–water partition coefficient (Wildman–Crippen LogP) is 1.83. The molecular weight excluding hydrogens is 186 g/mol. The van der Waals surface area contributed by atoms with E-state index in [0.29, 0.717) is 0 Å². The van der Waals surface area contributed by atoms with Gasteiger partial charge in [0.1, 0.15) is 5.84 Å². The predicted molar refractivity (Wildman–Crippen MR) is 63.9 cm³/mol. The van der Waals surface area contributed by atoms with Crippen molar-refractivity contribution in [3.05, 3.63) is 35.9 Å². The molecule has 0 spiro atoms. The van der Waals surface area contributed by atoms with Gasteiger partial charge in [-0.25, -0.2) is 0 Å². The van der Waals surface area contributed by atoms with Gasteiger partial charge in [-0.1, -0.05) is 37.3 Å². The third-order valence-electron chi connectivity index (χ3n) is 2.55. The molecule has 1 rings (SSSR count). The van der Waals surface area contributed by atoms with E-state index in [1.54, 1.807) is 0 Å². The van der Waals surface area contributed by atoms with Gasteiger partial charge in [0.25, 0.3) is 0 Å². The van der Waals surface area contributed by atoms with E-state index in [2.05, 4.69) is 17.0 Å². The second kappa shape index (κ2) is 5.51. The van der Waals surface area contributed by atoms with Crippen LogP contribution in [-0.2, 0) is 6.54 Å². The summed E-state index contributed by atoms with van der Waals surface area (Å²) in [6.45, 7) is 2.88. The molecule has 3 nitrogen and oxygen atoms in total. The van der Waals surface area contributed by atoms with Gasteiger partial charge < -0.3 is 5.73 Å². The molecule has 0 amide bonds. The molecular formula is C12H19N3. The Balaban J connectivity index is 2.62. The van der Waals surface area contributed by atoms with Crippen molar-refractivity contribution < 1.29 is 0 Å². The van der Waals surface area contributed by atoms with E-state index in [-0.39, 0.29) is 11.9 Å². The lowest BCUT2D eigenvalue weighted by Crippen LogP contribution is -2.41. The molecule has 0 bridgehead atoms. The highest BCUT2D eigenvalue weighted by molar-refractivity contribution is 5.82. The second-order valence-corrected chi connectivity index (χ2v) is 3.78. The largest absolute Gasteiger partial charge is 0.386 e. The van der Waals surface area contributed by atoms with Crippen LogP contribution in [0.2, 0.25) is 0 Å². The normalized spacial score (nSPS) is 12.7. The summed E-state index contributed by atoms with van der Waals surface area (Å²) in [6, 6.07) is 10.3. The van der Waals surface area contributed by atoms with Crippen molar-refractivity contribution >= 4 is 5.84 Å². The number of benzene rings is 1. The molecule has 0 heterocycles. The Morgan fingerprint density at radius 1 is 1.40 bits per heavy atom. The third kappa shape index (κ3) is 3.36. The van der Waals surface area contributed by atoms with Gasteiger partial charge in [0.2, 0.25) is 0 Å². The van der Waals surface area contributed by atoms with Crippen molar-refractivity contribution in [1.82, 2.24) is 4.90 Å². The van der Waals surface area contributed by atoms with E-state index in [4.69, 9.17) is 11.1 Å². The van der Waals surface area contributed by atoms with E-state index in [9.17, 15) is 0 Å². The average molecular weight is 205 g/mol. The van der Waals surface area contributed by atoms with Gasteiger partial charge in [-0.05, 0) is 19.0 Å². The highest BCUT2D eigenvalue weighted by Crippen LogP contribution is 2.08. The van der Waals surface area contributed by atoms with Crippen LogP contribution in [0, 0.1) is 5.41 Å². The quantitative estimate of drug-likeness (QED) is 0.569. The minimum absolute atomic E-state index is 0.0465. The first-order valence-electron chi connectivity index (χ1n) is 5.23. The molecule has 15 heavy (non-hydrogen) atoms. The standard InChI is InChI=1S/C12H19N3/c1-3-11(12(13)14)15(2)9-10-7-5-4-6-8-10/h4-8,11H,3,9H2,1-2H3,(H3,13,14). The van der Waals surface area contributed by atoms with E-state index in [1.165, 1.54) is 5.56 Å². The maximum absolute atomic E-state index is 7.48. The number of nitrogens with zero attached hydrogens (tertiary/aromatic N) is 1. The molecule has 0 aliphatic heterocycles. The summed E-state index contributed by atoms with van der Waals surface area (Å²) in [4.78, 5) is 2.11. The molecule has 82 valence electrons. The smallest absolute Gasteiger partial charge is 0.108 e. The first-order valence-corrected chi connectivity index (χ1v) is 5.23. The maximum Gasteiger partial charge on any atom is 0.108 e.